The van der Waals surface area contributed by atoms with E-state index in [9.17, 15) is 14.4 Å². The number of H-pyrrole nitrogens is 1. The quantitative estimate of drug-likeness (QED) is 0.668. The molecule has 0 fully saturated rings. The lowest BCUT2D eigenvalue weighted by Gasteiger charge is -2.13. The zero-order valence-corrected chi connectivity index (χ0v) is 15.2. The molecule has 0 aliphatic heterocycles. The van der Waals surface area contributed by atoms with Crippen LogP contribution in [0, 0.1) is 0 Å². The highest BCUT2D eigenvalue weighted by molar-refractivity contribution is 6.03. The van der Waals surface area contributed by atoms with Crippen LogP contribution >= 0.6 is 0 Å². The molecular weight excluding hydrogens is 348 g/mol. The summed E-state index contributed by atoms with van der Waals surface area (Å²) in [7, 11) is 0. The largest absolute Gasteiger partial charge is 0.462 e. The first-order valence-electron chi connectivity index (χ1n) is 8.82. The third-order valence-corrected chi connectivity index (χ3v) is 4.14. The number of nitrogens with zero attached hydrogens (tertiary/aromatic N) is 3. The first kappa shape index (κ1) is 18.5. The summed E-state index contributed by atoms with van der Waals surface area (Å²) in [5, 5.41) is 0.0526. The third kappa shape index (κ3) is 3.64. The van der Waals surface area contributed by atoms with Gasteiger partial charge in [0, 0.05) is 24.5 Å². The molecule has 0 unspecified atom stereocenters. The number of hydrogen-bond donors (Lipinski definition) is 1. The number of fused-ring (bicyclic) bond motifs is 1. The van der Waals surface area contributed by atoms with Crippen molar-refractivity contribution in [2.75, 3.05) is 6.61 Å². The van der Waals surface area contributed by atoms with Gasteiger partial charge in [0.05, 0.1) is 23.3 Å². The molecule has 0 saturated carbocycles. The monoisotopic (exact) mass is 368 g/mol. The first-order chi connectivity index (χ1) is 13.1. The molecule has 0 aliphatic carbocycles. The predicted molar refractivity (Wildman–Crippen MR) is 101 cm³/mol. The molecule has 0 bridgehead atoms. The fourth-order valence-corrected chi connectivity index (χ4v) is 2.83. The second-order valence-corrected chi connectivity index (χ2v) is 5.98. The second-order valence-electron chi connectivity index (χ2n) is 5.98. The Bertz CT molecular complexity index is 1090. The Hall–Kier alpha value is -3.29. The van der Waals surface area contributed by atoms with Crippen molar-refractivity contribution in [3.63, 3.8) is 0 Å². The molecule has 3 heterocycles. The summed E-state index contributed by atoms with van der Waals surface area (Å²) in [6, 6.07) is 5.03. The van der Waals surface area contributed by atoms with Gasteiger partial charge in [-0.15, -0.1) is 0 Å². The molecule has 0 aromatic carbocycles. The van der Waals surface area contributed by atoms with E-state index >= 15 is 0 Å². The maximum atomic E-state index is 12.5. The lowest BCUT2D eigenvalue weighted by Crippen LogP contribution is -2.32. The van der Waals surface area contributed by atoms with Crippen LogP contribution in [0.25, 0.3) is 22.3 Å². The van der Waals surface area contributed by atoms with Crippen LogP contribution in [0.5, 0.6) is 0 Å². The normalized spacial score (nSPS) is 10.9. The minimum Gasteiger partial charge on any atom is -0.462 e. The first-order valence-corrected chi connectivity index (χ1v) is 8.82. The number of unbranched alkanes of at least 4 members (excludes halogenated alkanes) is 1. The zero-order chi connectivity index (χ0) is 19.4. The number of carbonyl (C=O) groups is 1. The average Bonchev–Trinajstić information content (AvgIpc) is 2.67. The van der Waals surface area contributed by atoms with Gasteiger partial charge in [0.15, 0.2) is 5.65 Å². The van der Waals surface area contributed by atoms with E-state index in [1.165, 1.54) is 10.6 Å². The second kappa shape index (κ2) is 7.94. The maximum absolute atomic E-state index is 12.5. The van der Waals surface area contributed by atoms with Gasteiger partial charge in [-0.25, -0.2) is 14.6 Å². The van der Waals surface area contributed by atoms with Crippen LogP contribution in [0.3, 0.4) is 0 Å². The Morgan fingerprint density at radius 1 is 1.30 bits per heavy atom. The molecule has 3 aromatic heterocycles. The van der Waals surface area contributed by atoms with Crippen molar-refractivity contribution in [1.82, 2.24) is 19.5 Å². The van der Waals surface area contributed by atoms with E-state index in [2.05, 4.69) is 15.0 Å². The molecule has 140 valence electrons. The highest BCUT2D eigenvalue weighted by Crippen LogP contribution is 2.22. The number of rotatable bonds is 6. The van der Waals surface area contributed by atoms with Crippen molar-refractivity contribution in [3.8, 4) is 11.3 Å². The number of aryl methyl sites for hydroxylation is 1. The van der Waals surface area contributed by atoms with Gasteiger partial charge in [-0.05, 0) is 31.5 Å². The van der Waals surface area contributed by atoms with Crippen LogP contribution in [0.1, 0.15) is 37.0 Å². The number of aromatic amines is 1. The third-order valence-electron chi connectivity index (χ3n) is 4.14. The molecule has 8 nitrogen and oxygen atoms in total. The molecule has 0 atom stereocenters. The summed E-state index contributed by atoms with van der Waals surface area (Å²) in [5.41, 5.74) is 0.144. The van der Waals surface area contributed by atoms with Gasteiger partial charge in [-0.3, -0.25) is 19.3 Å². The number of esters is 1. The number of nitrogens with one attached hydrogen (secondary N) is 1. The zero-order valence-electron chi connectivity index (χ0n) is 15.2. The highest BCUT2D eigenvalue weighted by atomic mass is 16.5. The van der Waals surface area contributed by atoms with Crippen LogP contribution in [0.2, 0.25) is 0 Å². The standard InChI is InChI=1S/C19H20N4O4/c1-3-5-9-23-16-15(17(24)22-19(23)26)13(18(25)27-4-2)10-14(21-16)12-7-6-8-20-11-12/h6-8,10-11H,3-5,9H2,1-2H3,(H,22,24,26). The molecular formula is C19H20N4O4. The van der Waals surface area contributed by atoms with E-state index in [0.717, 1.165) is 12.8 Å². The van der Waals surface area contributed by atoms with Gasteiger partial charge in [0.2, 0.25) is 0 Å². The van der Waals surface area contributed by atoms with Crippen LogP contribution in [-0.4, -0.2) is 32.1 Å². The Labute approximate surface area is 154 Å². The molecule has 1 N–H and O–H groups in total. The number of aromatic nitrogens is 4. The van der Waals surface area contributed by atoms with Crippen molar-refractivity contribution in [3.05, 3.63) is 57.0 Å². The fraction of sp³-hybridized carbons (Fsp3) is 0.316. The summed E-state index contributed by atoms with van der Waals surface area (Å²) >= 11 is 0. The predicted octanol–water partition coefficient (Wildman–Crippen LogP) is 2.12. The molecule has 0 spiro atoms. The summed E-state index contributed by atoms with van der Waals surface area (Å²) in [6.45, 7) is 4.23. The number of hydrogen-bond acceptors (Lipinski definition) is 6. The summed E-state index contributed by atoms with van der Waals surface area (Å²) in [4.78, 5) is 48.2. The number of pyridine rings is 2. The molecule has 0 saturated heterocycles. The summed E-state index contributed by atoms with van der Waals surface area (Å²) < 4.78 is 6.50. The molecule has 0 amide bonds. The van der Waals surface area contributed by atoms with E-state index in [4.69, 9.17) is 4.74 Å². The molecule has 3 aromatic rings. The smallest absolute Gasteiger partial charge is 0.339 e. The van der Waals surface area contributed by atoms with Crippen LogP contribution in [0.4, 0.5) is 0 Å². The minimum atomic E-state index is -0.656. The van der Waals surface area contributed by atoms with Gasteiger partial charge in [-0.1, -0.05) is 13.3 Å². The van der Waals surface area contributed by atoms with Crippen molar-refractivity contribution in [2.24, 2.45) is 0 Å². The van der Waals surface area contributed by atoms with Gasteiger partial charge in [-0.2, -0.15) is 0 Å². The van der Waals surface area contributed by atoms with Gasteiger partial charge in [0.1, 0.15) is 0 Å². The van der Waals surface area contributed by atoms with Crippen LogP contribution in [0.15, 0.2) is 40.2 Å². The van der Waals surface area contributed by atoms with E-state index in [0.29, 0.717) is 17.8 Å². The number of ether oxygens (including phenoxy) is 1. The Morgan fingerprint density at radius 3 is 2.78 bits per heavy atom. The van der Waals surface area contributed by atoms with Gasteiger partial charge < -0.3 is 4.74 Å². The molecule has 0 aliphatic rings. The molecule has 0 radical (unpaired) electrons. The van der Waals surface area contributed by atoms with E-state index < -0.39 is 17.2 Å². The summed E-state index contributed by atoms with van der Waals surface area (Å²) in [5.74, 6) is -0.638. The lowest BCUT2D eigenvalue weighted by atomic mass is 10.1. The molecule has 3 rings (SSSR count). The van der Waals surface area contributed by atoms with Gasteiger partial charge >= 0.3 is 11.7 Å². The fourth-order valence-electron chi connectivity index (χ4n) is 2.83. The van der Waals surface area contributed by atoms with E-state index in [1.54, 1.807) is 31.5 Å². The van der Waals surface area contributed by atoms with Crippen molar-refractivity contribution in [1.29, 1.82) is 0 Å². The van der Waals surface area contributed by atoms with E-state index in [-0.39, 0.29) is 23.2 Å². The minimum absolute atomic E-state index is 0.0526. The van der Waals surface area contributed by atoms with Crippen molar-refractivity contribution in [2.45, 2.75) is 33.2 Å². The van der Waals surface area contributed by atoms with Crippen LogP contribution in [-0.2, 0) is 11.3 Å². The Kier molecular flexibility index (Phi) is 5.44. The Morgan fingerprint density at radius 2 is 2.11 bits per heavy atom. The van der Waals surface area contributed by atoms with Crippen LogP contribution < -0.4 is 11.2 Å². The van der Waals surface area contributed by atoms with E-state index in [1.807, 2.05) is 6.92 Å². The topological polar surface area (TPSA) is 107 Å². The summed E-state index contributed by atoms with van der Waals surface area (Å²) in [6.07, 6.45) is 4.82. The SMILES string of the molecule is CCCCn1c(=O)[nH]c(=O)c2c(C(=O)OCC)cc(-c3cccnc3)nc21. The number of carbonyl (C=O) groups excluding carboxylic acids is 1. The molecule has 8 heteroatoms. The highest BCUT2D eigenvalue weighted by Gasteiger charge is 2.20. The Balaban J connectivity index is 2.38. The molecule has 27 heavy (non-hydrogen) atoms. The lowest BCUT2D eigenvalue weighted by molar-refractivity contribution is 0.0528. The van der Waals surface area contributed by atoms with Gasteiger partial charge in [0.25, 0.3) is 5.56 Å². The van der Waals surface area contributed by atoms with Crippen molar-refractivity contribution >= 4 is 17.0 Å². The van der Waals surface area contributed by atoms with Crippen molar-refractivity contribution < 1.29 is 9.53 Å². The average molecular weight is 368 g/mol. The maximum Gasteiger partial charge on any atom is 0.339 e.